The standard InChI is InChI=1S/C20H29NO11S/c1-10(22)21-7-8-33-20(21)19(32-15(6)27)18(31-14(5)26)17(30-13(4)25)16(29-12(3)24)9-28-11(2)23/h16-20H,7-9H2,1-6H3/t16-,17-,18-,19-,20-/m1/s1. The van der Waals surface area contributed by atoms with Gasteiger partial charge in [-0.05, 0) is 0 Å². The normalized spacial score (nSPS) is 18.8. The van der Waals surface area contributed by atoms with Crippen LogP contribution in [0.25, 0.3) is 0 Å². The highest BCUT2D eigenvalue weighted by Crippen LogP contribution is 2.33. The number of hydrogen-bond donors (Lipinski definition) is 0. The smallest absolute Gasteiger partial charge is 0.303 e. The van der Waals surface area contributed by atoms with Gasteiger partial charge in [-0.1, -0.05) is 0 Å². The van der Waals surface area contributed by atoms with Gasteiger partial charge in [0.15, 0.2) is 24.4 Å². The number of esters is 5. The van der Waals surface area contributed by atoms with Gasteiger partial charge in [0.2, 0.25) is 5.91 Å². The summed E-state index contributed by atoms with van der Waals surface area (Å²) in [7, 11) is 0. The van der Waals surface area contributed by atoms with E-state index in [1.54, 1.807) is 0 Å². The lowest BCUT2D eigenvalue weighted by Gasteiger charge is -2.39. The van der Waals surface area contributed by atoms with Crippen LogP contribution in [0.3, 0.4) is 0 Å². The SMILES string of the molecule is CC(=O)OC[C@@H](OC(C)=O)[C@@H](OC(C)=O)[C@@H](OC(C)=O)[C@@H](OC(C)=O)[C@H]1SCCN1C(C)=O. The third-order valence-electron chi connectivity index (χ3n) is 4.30. The lowest BCUT2D eigenvalue weighted by molar-refractivity contribution is -0.204. The highest BCUT2D eigenvalue weighted by molar-refractivity contribution is 8.00. The van der Waals surface area contributed by atoms with Gasteiger partial charge >= 0.3 is 29.8 Å². The zero-order valence-corrected chi connectivity index (χ0v) is 20.2. The van der Waals surface area contributed by atoms with Crippen LogP contribution in [0.2, 0.25) is 0 Å². The predicted octanol–water partition coefficient (Wildman–Crippen LogP) is 0.198. The summed E-state index contributed by atoms with van der Waals surface area (Å²) >= 11 is 1.27. The number of ether oxygens (including phenoxy) is 5. The van der Waals surface area contributed by atoms with E-state index in [2.05, 4.69) is 0 Å². The Bertz CT molecular complexity index is 771. The molecule has 5 atom stereocenters. The van der Waals surface area contributed by atoms with Crippen LogP contribution in [0.15, 0.2) is 0 Å². The van der Waals surface area contributed by atoms with Gasteiger partial charge in [-0.15, -0.1) is 11.8 Å². The molecule has 0 spiro atoms. The summed E-state index contributed by atoms with van der Waals surface area (Å²) in [5.74, 6) is -3.71. The van der Waals surface area contributed by atoms with E-state index in [-0.39, 0.29) is 5.91 Å². The van der Waals surface area contributed by atoms with Crippen LogP contribution in [-0.2, 0) is 52.5 Å². The number of amides is 1. The Balaban J connectivity index is 3.55. The second kappa shape index (κ2) is 13.0. The van der Waals surface area contributed by atoms with E-state index in [0.29, 0.717) is 12.3 Å². The summed E-state index contributed by atoms with van der Waals surface area (Å²) in [6.45, 7) is 6.62. The van der Waals surface area contributed by atoms with Gasteiger partial charge < -0.3 is 28.6 Å². The van der Waals surface area contributed by atoms with E-state index in [1.165, 1.54) is 23.6 Å². The Morgan fingerprint density at radius 1 is 0.758 bits per heavy atom. The molecule has 0 aromatic heterocycles. The fourth-order valence-electron chi connectivity index (χ4n) is 3.24. The van der Waals surface area contributed by atoms with Crippen molar-refractivity contribution in [3.63, 3.8) is 0 Å². The average molecular weight is 492 g/mol. The summed E-state index contributed by atoms with van der Waals surface area (Å²) < 4.78 is 26.3. The molecule has 0 aliphatic carbocycles. The molecule has 0 aromatic carbocycles. The van der Waals surface area contributed by atoms with Gasteiger partial charge in [-0.2, -0.15) is 0 Å². The summed E-state index contributed by atoms with van der Waals surface area (Å²) in [6, 6.07) is 0. The third kappa shape index (κ3) is 9.28. The maximum Gasteiger partial charge on any atom is 0.303 e. The molecule has 12 nitrogen and oxygen atoms in total. The molecular weight excluding hydrogens is 462 g/mol. The first kappa shape index (κ1) is 28.2. The Hall–Kier alpha value is -2.83. The van der Waals surface area contributed by atoms with Crippen LogP contribution >= 0.6 is 11.8 Å². The predicted molar refractivity (Wildman–Crippen MR) is 112 cm³/mol. The van der Waals surface area contributed by atoms with Crippen LogP contribution in [0.5, 0.6) is 0 Å². The number of rotatable bonds is 10. The molecule has 1 saturated heterocycles. The molecule has 0 radical (unpaired) electrons. The van der Waals surface area contributed by atoms with E-state index >= 15 is 0 Å². The van der Waals surface area contributed by atoms with E-state index in [9.17, 15) is 28.8 Å². The second-order valence-corrected chi connectivity index (χ2v) is 8.37. The van der Waals surface area contributed by atoms with Gasteiger partial charge in [0, 0.05) is 53.8 Å². The molecule has 0 N–H and O–H groups in total. The van der Waals surface area contributed by atoms with E-state index in [0.717, 1.165) is 34.6 Å². The number of thioether (sulfide) groups is 1. The minimum Gasteiger partial charge on any atom is -0.462 e. The van der Waals surface area contributed by atoms with Crippen molar-refractivity contribution in [2.75, 3.05) is 18.9 Å². The second-order valence-electron chi connectivity index (χ2n) is 7.15. The quantitative estimate of drug-likeness (QED) is 0.303. The van der Waals surface area contributed by atoms with Gasteiger partial charge in [0.25, 0.3) is 0 Å². The molecule has 1 aliphatic heterocycles. The van der Waals surface area contributed by atoms with Crippen LogP contribution in [0.4, 0.5) is 0 Å². The number of carbonyl (C=O) groups is 6. The van der Waals surface area contributed by atoms with Crippen molar-refractivity contribution in [3.8, 4) is 0 Å². The molecule has 0 bridgehead atoms. The fraction of sp³-hybridized carbons (Fsp3) is 0.700. The van der Waals surface area contributed by atoms with Crippen LogP contribution in [-0.4, -0.2) is 89.3 Å². The average Bonchev–Trinajstić information content (AvgIpc) is 3.15. The molecule has 186 valence electrons. The van der Waals surface area contributed by atoms with Crippen molar-refractivity contribution in [1.82, 2.24) is 4.90 Å². The fourth-order valence-corrected chi connectivity index (χ4v) is 4.62. The Morgan fingerprint density at radius 2 is 1.27 bits per heavy atom. The van der Waals surface area contributed by atoms with Crippen molar-refractivity contribution in [2.24, 2.45) is 0 Å². The summed E-state index contributed by atoms with van der Waals surface area (Å²) in [6.07, 6.45) is -5.75. The maximum atomic E-state index is 12.1. The van der Waals surface area contributed by atoms with E-state index < -0.39 is 66.2 Å². The van der Waals surface area contributed by atoms with E-state index in [1.807, 2.05) is 0 Å². The molecule has 0 saturated carbocycles. The first-order valence-electron chi connectivity index (χ1n) is 10.0. The first-order valence-corrected chi connectivity index (χ1v) is 11.1. The van der Waals surface area contributed by atoms with Crippen molar-refractivity contribution >= 4 is 47.5 Å². The Labute approximate surface area is 195 Å². The van der Waals surface area contributed by atoms with Gasteiger partial charge in [0.05, 0.1) is 0 Å². The molecule has 33 heavy (non-hydrogen) atoms. The summed E-state index contributed by atoms with van der Waals surface area (Å²) in [5, 5.41) is -0.791. The number of carbonyl (C=O) groups excluding carboxylic acids is 6. The molecule has 1 rings (SSSR count). The molecule has 1 heterocycles. The van der Waals surface area contributed by atoms with Crippen molar-refractivity contribution in [1.29, 1.82) is 0 Å². The summed E-state index contributed by atoms with van der Waals surface area (Å²) in [4.78, 5) is 72.5. The van der Waals surface area contributed by atoms with Crippen LogP contribution in [0, 0.1) is 0 Å². The first-order chi connectivity index (χ1) is 15.3. The third-order valence-corrected chi connectivity index (χ3v) is 5.58. The minimum atomic E-state index is -1.53. The van der Waals surface area contributed by atoms with Gasteiger partial charge in [-0.3, -0.25) is 28.8 Å². The van der Waals surface area contributed by atoms with Crippen molar-refractivity contribution < 1.29 is 52.5 Å². The molecule has 13 heteroatoms. The molecule has 1 amide bonds. The summed E-state index contributed by atoms with van der Waals surface area (Å²) in [5.41, 5.74) is 0. The lowest BCUT2D eigenvalue weighted by atomic mass is 10.0. The molecule has 1 fully saturated rings. The maximum absolute atomic E-state index is 12.1. The zero-order valence-electron chi connectivity index (χ0n) is 19.4. The Morgan fingerprint density at radius 3 is 1.73 bits per heavy atom. The van der Waals surface area contributed by atoms with E-state index in [4.69, 9.17) is 23.7 Å². The Kier molecular flexibility index (Phi) is 11.1. The lowest BCUT2D eigenvalue weighted by Crippen LogP contribution is -2.58. The minimum absolute atomic E-state index is 0.316. The molecular formula is C20H29NO11S. The van der Waals surface area contributed by atoms with Crippen molar-refractivity contribution in [2.45, 2.75) is 71.3 Å². The van der Waals surface area contributed by atoms with Crippen LogP contribution in [0.1, 0.15) is 41.5 Å². The highest BCUT2D eigenvalue weighted by Gasteiger charge is 2.49. The number of nitrogens with zero attached hydrogens (tertiary/aromatic N) is 1. The number of hydrogen-bond acceptors (Lipinski definition) is 12. The highest BCUT2D eigenvalue weighted by atomic mass is 32.2. The van der Waals surface area contributed by atoms with Gasteiger partial charge in [0.1, 0.15) is 12.0 Å². The van der Waals surface area contributed by atoms with Gasteiger partial charge in [-0.25, -0.2) is 0 Å². The zero-order chi connectivity index (χ0) is 25.3. The monoisotopic (exact) mass is 491 g/mol. The van der Waals surface area contributed by atoms with Crippen LogP contribution < -0.4 is 0 Å². The topological polar surface area (TPSA) is 152 Å². The molecule has 0 aromatic rings. The van der Waals surface area contributed by atoms with Crippen molar-refractivity contribution in [3.05, 3.63) is 0 Å². The molecule has 1 aliphatic rings. The molecule has 0 unspecified atom stereocenters. The largest absolute Gasteiger partial charge is 0.462 e.